The summed E-state index contributed by atoms with van der Waals surface area (Å²) >= 11 is 0. The topological polar surface area (TPSA) is 83.6 Å². The zero-order valence-corrected chi connectivity index (χ0v) is 12.9. The molecular formula is C14H18N2O4S. The van der Waals surface area contributed by atoms with Gasteiger partial charge in [-0.3, -0.25) is 14.5 Å². The smallest absolute Gasteiger partial charge is 0.261 e. The number of hydrogen-bond acceptors (Lipinski definition) is 4. The van der Waals surface area contributed by atoms with E-state index in [0.29, 0.717) is 24.1 Å². The maximum atomic E-state index is 12.2. The highest BCUT2D eigenvalue weighted by Crippen LogP contribution is 2.23. The highest BCUT2D eigenvalue weighted by Gasteiger charge is 2.35. The van der Waals surface area contributed by atoms with Crippen molar-refractivity contribution in [2.75, 3.05) is 18.8 Å². The number of aryl methyl sites for hydroxylation is 1. The van der Waals surface area contributed by atoms with Crippen LogP contribution >= 0.6 is 0 Å². The fraction of sp³-hybridized carbons (Fsp3) is 0.429. The Bertz CT molecular complexity index is 682. The highest BCUT2D eigenvalue weighted by atomic mass is 32.2. The molecule has 1 aliphatic rings. The summed E-state index contributed by atoms with van der Waals surface area (Å²) in [6, 6.07) is 5.02. The van der Waals surface area contributed by atoms with Crippen molar-refractivity contribution in [3.8, 4) is 0 Å². The molecule has 0 fully saturated rings. The molecule has 2 rings (SSSR count). The number of amides is 2. The van der Waals surface area contributed by atoms with Gasteiger partial charge in [-0.1, -0.05) is 18.6 Å². The molecule has 1 aromatic rings. The number of rotatable bonds is 6. The molecule has 114 valence electrons. The summed E-state index contributed by atoms with van der Waals surface area (Å²) in [6.45, 7) is 3.91. The maximum Gasteiger partial charge on any atom is 0.261 e. The molecule has 1 heterocycles. The molecule has 0 bridgehead atoms. The van der Waals surface area contributed by atoms with Crippen LogP contribution in [0.1, 0.15) is 39.6 Å². The molecule has 7 heteroatoms. The highest BCUT2D eigenvalue weighted by molar-refractivity contribution is 7.89. The van der Waals surface area contributed by atoms with Gasteiger partial charge in [0, 0.05) is 13.1 Å². The number of hydrogen-bond donors (Lipinski definition) is 1. The third kappa shape index (κ3) is 3.30. The Morgan fingerprint density at radius 2 is 1.81 bits per heavy atom. The van der Waals surface area contributed by atoms with Crippen LogP contribution in [0.2, 0.25) is 0 Å². The molecule has 0 atom stereocenters. The molecule has 0 aliphatic carbocycles. The van der Waals surface area contributed by atoms with E-state index in [1.54, 1.807) is 18.2 Å². The van der Waals surface area contributed by atoms with Crippen LogP contribution in [0.15, 0.2) is 18.2 Å². The summed E-state index contributed by atoms with van der Waals surface area (Å²) in [5, 5.41) is 0. The molecule has 0 aromatic heterocycles. The molecule has 1 aliphatic heterocycles. The van der Waals surface area contributed by atoms with Gasteiger partial charge in [-0.2, -0.15) is 0 Å². The van der Waals surface area contributed by atoms with E-state index in [9.17, 15) is 18.0 Å². The number of nitrogens with zero attached hydrogens (tertiary/aromatic N) is 1. The SMILES string of the molecule is CCCNS(=O)(=O)CCN1C(=O)c2ccc(C)cc2C1=O. The summed E-state index contributed by atoms with van der Waals surface area (Å²) in [7, 11) is -3.47. The average Bonchev–Trinajstić information content (AvgIpc) is 2.66. The first-order valence-corrected chi connectivity index (χ1v) is 8.45. The lowest BCUT2D eigenvalue weighted by Gasteiger charge is -2.14. The number of benzene rings is 1. The van der Waals surface area contributed by atoms with Crippen LogP contribution < -0.4 is 4.72 Å². The summed E-state index contributed by atoms with van der Waals surface area (Å²) < 4.78 is 25.9. The average molecular weight is 310 g/mol. The van der Waals surface area contributed by atoms with Crippen LogP contribution in [0.5, 0.6) is 0 Å². The van der Waals surface area contributed by atoms with Crippen molar-refractivity contribution in [1.82, 2.24) is 9.62 Å². The minimum Gasteiger partial charge on any atom is -0.273 e. The van der Waals surface area contributed by atoms with Gasteiger partial charge in [0.1, 0.15) is 0 Å². The standard InChI is InChI=1S/C14H18N2O4S/c1-3-6-15-21(19,20)8-7-16-13(17)11-5-4-10(2)9-12(11)14(16)18/h4-5,9,15H,3,6-8H2,1-2H3. The fourth-order valence-electron chi connectivity index (χ4n) is 2.15. The van der Waals surface area contributed by atoms with E-state index >= 15 is 0 Å². The molecule has 6 nitrogen and oxygen atoms in total. The van der Waals surface area contributed by atoms with E-state index in [1.165, 1.54) is 0 Å². The predicted molar refractivity (Wildman–Crippen MR) is 78.6 cm³/mol. The van der Waals surface area contributed by atoms with Crippen molar-refractivity contribution < 1.29 is 18.0 Å². The van der Waals surface area contributed by atoms with Crippen molar-refractivity contribution in [2.45, 2.75) is 20.3 Å². The third-order valence-corrected chi connectivity index (χ3v) is 4.65. The molecule has 0 unspecified atom stereocenters. The number of nitrogens with one attached hydrogen (secondary N) is 1. The Morgan fingerprint density at radius 1 is 1.14 bits per heavy atom. The van der Waals surface area contributed by atoms with Gasteiger partial charge in [0.05, 0.1) is 16.9 Å². The van der Waals surface area contributed by atoms with Gasteiger partial charge >= 0.3 is 0 Å². The zero-order chi connectivity index (χ0) is 15.6. The molecule has 0 saturated heterocycles. The van der Waals surface area contributed by atoms with E-state index in [-0.39, 0.29) is 12.3 Å². The Balaban J connectivity index is 2.10. The summed E-state index contributed by atoms with van der Waals surface area (Å²) in [6.07, 6.45) is 0.686. The van der Waals surface area contributed by atoms with Crippen molar-refractivity contribution in [1.29, 1.82) is 0 Å². The molecule has 1 aromatic carbocycles. The number of carbonyl (C=O) groups excluding carboxylic acids is 2. The quantitative estimate of drug-likeness (QED) is 0.792. The Kier molecular flexibility index (Phi) is 4.43. The minimum atomic E-state index is -3.47. The van der Waals surface area contributed by atoms with Gasteiger partial charge in [0.2, 0.25) is 10.0 Å². The normalized spacial score (nSPS) is 14.7. The largest absolute Gasteiger partial charge is 0.273 e. The Morgan fingerprint density at radius 3 is 2.48 bits per heavy atom. The summed E-state index contributed by atoms with van der Waals surface area (Å²) in [5.74, 6) is -1.14. The first kappa shape index (κ1) is 15.7. The van der Waals surface area contributed by atoms with Gasteiger partial charge in [-0.05, 0) is 25.5 Å². The third-order valence-electron chi connectivity index (χ3n) is 3.28. The number of fused-ring (bicyclic) bond motifs is 1. The van der Waals surface area contributed by atoms with Crippen LogP contribution in [0.25, 0.3) is 0 Å². The fourth-order valence-corrected chi connectivity index (χ4v) is 3.23. The van der Waals surface area contributed by atoms with E-state index in [4.69, 9.17) is 0 Å². The molecule has 0 radical (unpaired) electrons. The van der Waals surface area contributed by atoms with Crippen LogP contribution in [-0.2, 0) is 10.0 Å². The van der Waals surface area contributed by atoms with Gasteiger partial charge in [-0.15, -0.1) is 0 Å². The first-order valence-electron chi connectivity index (χ1n) is 6.80. The molecule has 21 heavy (non-hydrogen) atoms. The summed E-state index contributed by atoms with van der Waals surface area (Å²) in [5.41, 5.74) is 1.57. The second-order valence-electron chi connectivity index (χ2n) is 5.02. The number of carbonyl (C=O) groups is 2. The molecule has 1 N–H and O–H groups in total. The van der Waals surface area contributed by atoms with Crippen LogP contribution in [0.4, 0.5) is 0 Å². The van der Waals surface area contributed by atoms with Crippen LogP contribution in [0.3, 0.4) is 0 Å². The first-order chi connectivity index (χ1) is 9.85. The zero-order valence-electron chi connectivity index (χ0n) is 12.0. The van der Waals surface area contributed by atoms with E-state index in [0.717, 1.165) is 10.5 Å². The van der Waals surface area contributed by atoms with Crippen LogP contribution in [-0.4, -0.2) is 44.0 Å². The molecule has 0 spiro atoms. The van der Waals surface area contributed by atoms with Gasteiger partial charge in [-0.25, -0.2) is 13.1 Å². The van der Waals surface area contributed by atoms with E-state index in [1.807, 2.05) is 13.8 Å². The van der Waals surface area contributed by atoms with Crippen molar-refractivity contribution in [3.63, 3.8) is 0 Å². The minimum absolute atomic E-state index is 0.134. The molecular weight excluding hydrogens is 292 g/mol. The lowest BCUT2D eigenvalue weighted by Crippen LogP contribution is -2.37. The van der Waals surface area contributed by atoms with Crippen molar-refractivity contribution in [3.05, 3.63) is 34.9 Å². The molecule has 2 amide bonds. The summed E-state index contributed by atoms with van der Waals surface area (Å²) in [4.78, 5) is 25.3. The van der Waals surface area contributed by atoms with Gasteiger partial charge in [0.25, 0.3) is 11.8 Å². The number of sulfonamides is 1. The maximum absolute atomic E-state index is 12.2. The van der Waals surface area contributed by atoms with Crippen molar-refractivity contribution >= 4 is 21.8 Å². The van der Waals surface area contributed by atoms with E-state index in [2.05, 4.69) is 4.72 Å². The second kappa shape index (κ2) is 5.95. The van der Waals surface area contributed by atoms with Crippen LogP contribution in [0, 0.1) is 6.92 Å². The Labute approximate surface area is 124 Å². The lowest BCUT2D eigenvalue weighted by molar-refractivity contribution is 0.0664. The predicted octanol–water partition coefficient (Wildman–Crippen LogP) is 0.920. The number of imide groups is 1. The molecule has 0 saturated carbocycles. The van der Waals surface area contributed by atoms with Gasteiger partial charge < -0.3 is 0 Å². The Hall–Kier alpha value is -1.73. The van der Waals surface area contributed by atoms with E-state index < -0.39 is 21.8 Å². The second-order valence-corrected chi connectivity index (χ2v) is 6.95. The van der Waals surface area contributed by atoms with Crippen molar-refractivity contribution in [2.24, 2.45) is 0 Å². The monoisotopic (exact) mass is 310 g/mol. The lowest BCUT2D eigenvalue weighted by atomic mass is 10.1. The van der Waals surface area contributed by atoms with Gasteiger partial charge in [0.15, 0.2) is 0 Å².